The Labute approximate surface area is 83.9 Å². The van der Waals surface area contributed by atoms with E-state index in [9.17, 15) is 9.59 Å². The van der Waals surface area contributed by atoms with E-state index in [4.69, 9.17) is 0 Å². The van der Waals surface area contributed by atoms with Gasteiger partial charge in [-0.1, -0.05) is 12.1 Å². The summed E-state index contributed by atoms with van der Waals surface area (Å²) >= 11 is 0. The smallest absolute Gasteiger partial charge is 0.170 e. The lowest BCUT2D eigenvalue weighted by Crippen LogP contribution is -2.06. The number of rotatable bonds is 3. The molecule has 74 valence electrons. The van der Waals surface area contributed by atoms with Crippen molar-refractivity contribution in [1.82, 2.24) is 0 Å². The number of hydrogen-bond acceptors (Lipinski definition) is 2. The molecule has 14 heavy (non-hydrogen) atoms. The average Bonchev–Trinajstić information content (AvgIpc) is 2.13. The molecule has 0 atom stereocenters. The molecule has 0 saturated heterocycles. The van der Waals surface area contributed by atoms with Crippen LogP contribution in [-0.2, 0) is 4.79 Å². The molecule has 1 aromatic carbocycles. The van der Waals surface area contributed by atoms with Gasteiger partial charge in [0.2, 0.25) is 0 Å². The maximum atomic E-state index is 11.6. The standard InChI is InChI=1S/C12H14O2/c1-8-4-5-9(2)12(10(8)3)11(14)6-7-13/h4-5,7H,6H2,1-3H3. The van der Waals surface area contributed by atoms with Crippen LogP contribution in [0.15, 0.2) is 12.1 Å². The number of ketones is 1. The maximum Gasteiger partial charge on any atom is 0.170 e. The first kappa shape index (κ1) is 10.6. The summed E-state index contributed by atoms with van der Waals surface area (Å²) < 4.78 is 0. The van der Waals surface area contributed by atoms with Gasteiger partial charge in [0.15, 0.2) is 5.78 Å². The van der Waals surface area contributed by atoms with E-state index in [2.05, 4.69) is 0 Å². The van der Waals surface area contributed by atoms with Gasteiger partial charge in [0.05, 0.1) is 6.42 Å². The van der Waals surface area contributed by atoms with Crippen LogP contribution < -0.4 is 0 Å². The van der Waals surface area contributed by atoms with Crippen molar-refractivity contribution in [3.8, 4) is 0 Å². The van der Waals surface area contributed by atoms with Crippen molar-refractivity contribution in [1.29, 1.82) is 0 Å². The first-order chi connectivity index (χ1) is 6.57. The second kappa shape index (κ2) is 4.18. The quantitative estimate of drug-likeness (QED) is 0.416. The summed E-state index contributed by atoms with van der Waals surface area (Å²) in [6.45, 7) is 5.78. The largest absolute Gasteiger partial charge is 0.303 e. The SMILES string of the molecule is Cc1ccc(C)c(C(=O)CC=O)c1C. The van der Waals surface area contributed by atoms with Gasteiger partial charge in [-0.2, -0.15) is 0 Å². The van der Waals surface area contributed by atoms with Gasteiger partial charge >= 0.3 is 0 Å². The third-order valence-corrected chi connectivity index (χ3v) is 2.49. The highest BCUT2D eigenvalue weighted by atomic mass is 16.1. The van der Waals surface area contributed by atoms with Gasteiger partial charge < -0.3 is 4.79 Å². The molecule has 0 aromatic heterocycles. The molecule has 2 heteroatoms. The van der Waals surface area contributed by atoms with E-state index in [-0.39, 0.29) is 12.2 Å². The Morgan fingerprint density at radius 1 is 1.21 bits per heavy atom. The fourth-order valence-electron chi connectivity index (χ4n) is 1.56. The second-order valence-corrected chi connectivity index (χ2v) is 3.49. The number of hydrogen-bond donors (Lipinski definition) is 0. The van der Waals surface area contributed by atoms with E-state index in [1.165, 1.54) is 0 Å². The van der Waals surface area contributed by atoms with E-state index < -0.39 is 0 Å². The number of aldehydes is 1. The molecule has 0 fully saturated rings. The Morgan fingerprint density at radius 2 is 1.79 bits per heavy atom. The van der Waals surface area contributed by atoms with Crippen LogP contribution in [0.5, 0.6) is 0 Å². The molecule has 0 aliphatic carbocycles. The van der Waals surface area contributed by atoms with Crippen LogP contribution in [0.4, 0.5) is 0 Å². The number of benzene rings is 1. The monoisotopic (exact) mass is 190 g/mol. The molecule has 0 bridgehead atoms. The molecule has 0 unspecified atom stereocenters. The minimum atomic E-state index is -0.0845. The Kier molecular flexibility index (Phi) is 3.18. The maximum absolute atomic E-state index is 11.6. The van der Waals surface area contributed by atoms with E-state index >= 15 is 0 Å². The van der Waals surface area contributed by atoms with Gasteiger partial charge in [-0.05, 0) is 37.5 Å². The van der Waals surface area contributed by atoms with Gasteiger partial charge in [0.25, 0.3) is 0 Å². The number of Topliss-reactive ketones (excluding diaryl/α,β-unsaturated/α-hetero) is 1. The van der Waals surface area contributed by atoms with Crippen molar-refractivity contribution < 1.29 is 9.59 Å². The lowest BCUT2D eigenvalue weighted by molar-refractivity contribution is -0.107. The lowest BCUT2D eigenvalue weighted by atomic mass is 9.94. The van der Waals surface area contributed by atoms with Crippen LogP contribution in [0, 0.1) is 20.8 Å². The van der Waals surface area contributed by atoms with Crippen LogP contribution in [0.25, 0.3) is 0 Å². The van der Waals surface area contributed by atoms with Gasteiger partial charge in [-0.25, -0.2) is 0 Å². The lowest BCUT2D eigenvalue weighted by Gasteiger charge is -2.09. The molecule has 0 radical (unpaired) electrons. The Bertz CT molecular complexity index is 378. The van der Waals surface area contributed by atoms with Gasteiger partial charge in [0, 0.05) is 5.56 Å². The second-order valence-electron chi connectivity index (χ2n) is 3.49. The molecule has 0 N–H and O–H groups in total. The molecule has 1 rings (SSSR count). The van der Waals surface area contributed by atoms with E-state index in [1.807, 2.05) is 32.9 Å². The minimum absolute atomic E-state index is 0.0227. The summed E-state index contributed by atoms with van der Waals surface area (Å²) in [4.78, 5) is 21.9. The number of aryl methyl sites for hydroxylation is 2. The highest BCUT2D eigenvalue weighted by Crippen LogP contribution is 2.18. The first-order valence-electron chi connectivity index (χ1n) is 4.61. The zero-order valence-corrected chi connectivity index (χ0v) is 8.76. The normalized spacial score (nSPS) is 9.93. The molecule has 1 aromatic rings. The van der Waals surface area contributed by atoms with Gasteiger partial charge in [-0.3, -0.25) is 4.79 Å². The van der Waals surface area contributed by atoms with E-state index in [0.29, 0.717) is 11.8 Å². The van der Waals surface area contributed by atoms with Crippen molar-refractivity contribution >= 4 is 12.1 Å². The third kappa shape index (κ3) is 1.90. The topological polar surface area (TPSA) is 34.1 Å². The summed E-state index contributed by atoms with van der Waals surface area (Å²) in [7, 11) is 0. The van der Waals surface area contributed by atoms with Crippen LogP contribution in [-0.4, -0.2) is 12.1 Å². The summed E-state index contributed by atoms with van der Waals surface area (Å²) in [5.74, 6) is -0.0845. The summed E-state index contributed by atoms with van der Waals surface area (Å²) in [6.07, 6.45) is 0.634. The van der Waals surface area contributed by atoms with Crippen LogP contribution in [0.2, 0.25) is 0 Å². The Morgan fingerprint density at radius 3 is 2.36 bits per heavy atom. The van der Waals surface area contributed by atoms with Crippen molar-refractivity contribution in [2.24, 2.45) is 0 Å². The predicted molar refractivity (Wildman–Crippen MR) is 55.7 cm³/mol. The molecule has 0 saturated carbocycles. The average molecular weight is 190 g/mol. The van der Waals surface area contributed by atoms with E-state index in [0.717, 1.165) is 16.7 Å². The fourth-order valence-corrected chi connectivity index (χ4v) is 1.56. The van der Waals surface area contributed by atoms with Crippen LogP contribution in [0.3, 0.4) is 0 Å². The summed E-state index contributed by atoms with van der Waals surface area (Å²) in [5.41, 5.74) is 3.72. The zero-order chi connectivity index (χ0) is 10.7. The van der Waals surface area contributed by atoms with Crippen molar-refractivity contribution in [3.63, 3.8) is 0 Å². The van der Waals surface area contributed by atoms with Gasteiger partial charge in [-0.15, -0.1) is 0 Å². The minimum Gasteiger partial charge on any atom is -0.303 e. The molecule has 0 amide bonds. The molecule has 0 aliphatic rings. The molecular weight excluding hydrogens is 176 g/mol. The van der Waals surface area contributed by atoms with Crippen molar-refractivity contribution in [3.05, 3.63) is 34.4 Å². The number of carbonyl (C=O) groups is 2. The van der Waals surface area contributed by atoms with Crippen LogP contribution >= 0.6 is 0 Å². The highest BCUT2D eigenvalue weighted by Gasteiger charge is 2.12. The van der Waals surface area contributed by atoms with Crippen molar-refractivity contribution in [2.75, 3.05) is 0 Å². The van der Waals surface area contributed by atoms with Crippen molar-refractivity contribution in [2.45, 2.75) is 27.2 Å². The molecule has 2 nitrogen and oxygen atoms in total. The van der Waals surface area contributed by atoms with E-state index in [1.54, 1.807) is 0 Å². The Hall–Kier alpha value is -1.44. The highest BCUT2D eigenvalue weighted by molar-refractivity contribution is 6.04. The fraction of sp³-hybridized carbons (Fsp3) is 0.333. The first-order valence-corrected chi connectivity index (χ1v) is 4.61. The molecule has 0 heterocycles. The van der Waals surface area contributed by atoms with Crippen LogP contribution in [0.1, 0.15) is 33.5 Å². The molecular formula is C12H14O2. The van der Waals surface area contributed by atoms with Gasteiger partial charge in [0.1, 0.15) is 6.29 Å². The zero-order valence-electron chi connectivity index (χ0n) is 8.76. The summed E-state index contributed by atoms with van der Waals surface area (Å²) in [6, 6.07) is 3.91. The Balaban J connectivity index is 3.25. The third-order valence-electron chi connectivity index (χ3n) is 2.49. The summed E-state index contributed by atoms with van der Waals surface area (Å²) in [5, 5.41) is 0. The molecule has 0 aliphatic heterocycles. The predicted octanol–water partition coefficient (Wildman–Crippen LogP) is 2.38. The number of carbonyl (C=O) groups excluding carboxylic acids is 2. The molecule has 0 spiro atoms.